The lowest BCUT2D eigenvalue weighted by Gasteiger charge is -2.15. The number of esters is 3. The van der Waals surface area contributed by atoms with Crippen LogP contribution in [0.4, 0.5) is 0 Å². The molecule has 0 saturated heterocycles. The molecule has 0 aliphatic rings. The molecule has 0 aliphatic heterocycles. The van der Waals surface area contributed by atoms with Gasteiger partial charge in [-0.05, 0) is 78.8 Å². The lowest BCUT2D eigenvalue weighted by atomic mass is 10.00. The molecule has 6 heteroatoms. The maximum Gasteiger partial charge on any atom is 0.347 e. The first-order valence-electron chi connectivity index (χ1n) is 16.2. The Morgan fingerprint density at radius 3 is 1.75 bits per heavy atom. The van der Waals surface area contributed by atoms with E-state index in [9.17, 15) is 14.4 Å². The molecular weight excluding hydrogens is 552 g/mol. The fourth-order valence-electron chi connectivity index (χ4n) is 4.69. The van der Waals surface area contributed by atoms with E-state index in [1.54, 1.807) is 12.1 Å². The number of carbonyl (C=O) groups is 3. The van der Waals surface area contributed by atoms with Crippen molar-refractivity contribution in [2.24, 2.45) is 5.92 Å². The number of unbranched alkanes of at least 4 members (excludes halogenated alkanes) is 7. The van der Waals surface area contributed by atoms with E-state index in [1.807, 2.05) is 26.0 Å². The molecule has 6 nitrogen and oxygen atoms in total. The highest BCUT2D eigenvalue weighted by Gasteiger charge is 2.21. The highest BCUT2D eigenvalue weighted by Crippen LogP contribution is 2.23. The summed E-state index contributed by atoms with van der Waals surface area (Å²) in [6, 6.07) is 22.0. The quantitative estimate of drug-likeness (QED) is 0.0822. The number of hydrogen-bond acceptors (Lipinski definition) is 6. The summed E-state index contributed by atoms with van der Waals surface area (Å²) < 4.78 is 15.9. The van der Waals surface area contributed by atoms with Gasteiger partial charge in [0, 0.05) is 0 Å². The summed E-state index contributed by atoms with van der Waals surface area (Å²) in [4.78, 5) is 37.3. The molecular formula is C38H48O6. The van der Waals surface area contributed by atoms with E-state index in [4.69, 9.17) is 14.2 Å². The second kappa shape index (κ2) is 18.7. The topological polar surface area (TPSA) is 78.9 Å². The molecule has 2 atom stereocenters. The van der Waals surface area contributed by atoms with Crippen molar-refractivity contribution in [1.82, 2.24) is 0 Å². The zero-order valence-corrected chi connectivity index (χ0v) is 26.8. The fraction of sp³-hybridized carbons (Fsp3) is 0.447. The van der Waals surface area contributed by atoms with E-state index in [-0.39, 0.29) is 18.1 Å². The number of rotatable bonds is 18. The number of carbonyl (C=O) groups excluding carboxylic acids is 3. The average molecular weight is 601 g/mol. The number of hydrogen-bond donors (Lipinski definition) is 0. The van der Waals surface area contributed by atoms with Gasteiger partial charge in [0.1, 0.15) is 5.75 Å². The van der Waals surface area contributed by atoms with Gasteiger partial charge in [0.05, 0.1) is 17.7 Å². The van der Waals surface area contributed by atoms with E-state index in [0.29, 0.717) is 11.3 Å². The van der Waals surface area contributed by atoms with Crippen molar-refractivity contribution in [2.75, 3.05) is 6.61 Å². The molecule has 3 aromatic rings. The van der Waals surface area contributed by atoms with Crippen LogP contribution >= 0.6 is 0 Å². The molecule has 0 radical (unpaired) electrons. The second-order valence-corrected chi connectivity index (χ2v) is 11.6. The monoisotopic (exact) mass is 600 g/mol. The summed E-state index contributed by atoms with van der Waals surface area (Å²) in [6.45, 7) is 8.00. The summed E-state index contributed by atoms with van der Waals surface area (Å²) in [5, 5.41) is 0. The molecule has 0 fully saturated rings. The van der Waals surface area contributed by atoms with Gasteiger partial charge in [-0.3, -0.25) is 0 Å². The lowest BCUT2D eigenvalue weighted by molar-refractivity contribution is -0.154. The van der Waals surface area contributed by atoms with Gasteiger partial charge in [-0.25, -0.2) is 14.4 Å². The van der Waals surface area contributed by atoms with Gasteiger partial charge in [-0.1, -0.05) is 109 Å². The van der Waals surface area contributed by atoms with Gasteiger partial charge in [0.25, 0.3) is 0 Å². The lowest BCUT2D eigenvalue weighted by Crippen LogP contribution is -2.27. The Balaban J connectivity index is 1.44. The number of benzene rings is 3. The summed E-state index contributed by atoms with van der Waals surface area (Å²) >= 11 is 0. The Morgan fingerprint density at radius 1 is 0.636 bits per heavy atom. The minimum absolute atomic E-state index is 0.236. The van der Waals surface area contributed by atoms with Crippen LogP contribution in [0, 0.1) is 5.92 Å². The van der Waals surface area contributed by atoms with Crippen molar-refractivity contribution >= 4 is 17.9 Å². The van der Waals surface area contributed by atoms with Gasteiger partial charge < -0.3 is 14.2 Å². The Hall–Kier alpha value is -3.93. The van der Waals surface area contributed by atoms with Crippen LogP contribution < -0.4 is 4.74 Å². The average Bonchev–Trinajstić information content (AvgIpc) is 3.05. The van der Waals surface area contributed by atoms with Gasteiger partial charge in [-0.2, -0.15) is 0 Å². The molecule has 0 N–H and O–H groups in total. The first-order chi connectivity index (χ1) is 21.3. The van der Waals surface area contributed by atoms with Crippen LogP contribution in [0.3, 0.4) is 0 Å². The molecule has 3 aromatic carbocycles. The largest absolute Gasteiger partial charge is 0.463 e. The molecule has 0 amide bonds. The summed E-state index contributed by atoms with van der Waals surface area (Å²) in [5.41, 5.74) is 4.15. The third-order valence-electron chi connectivity index (χ3n) is 7.85. The molecule has 0 saturated carbocycles. The minimum atomic E-state index is -1.02. The van der Waals surface area contributed by atoms with Crippen molar-refractivity contribution in [2.45, 2.75) is 98.0 Å². The third-order valence-corrected chi connectivity index (χ3v) is 7.85. The predicted molar refractivity (Wildman–Crippen MR) is 175 cm³/mol. The maximum absolute atomic E-state index is 12.7. The van der Waals surface area contributed by atoms with Gasteiger partial charge in [0.2, 0.25) is 0 Å². The minimum Gasteiger partial charge on any atom is -0.463 e. The van der Waals surface area contributed by atoms with E-state index in [0.717, 1.165) is 24.0 Å². The molecule has 0 aromatic heterocycles. The first-order valence-corrected chi connectivity index (χ1v) is 16.2. The number of ether oxygens (including phenoxy) is 3. The van der Waals surface area contributed by atoms with Crippen molar-refractivity contribution < 1.29 is 28.6 Å². The van der Waals surface area contributed by atoms with Crippen molar-refractivity contribution in [3.8, 4) is 16.9 Å². The predicted octanol–water partition coefficient (Wildman–Crippen LogP) is 9.39. The van der Waals surface area contributed by atoms with Crippen molar-refractivity contribution in [3.63, 3.8) is 0 Å². The van der Waals surface area contributed by atoms with E-state index in [2.05, 4.69) is 31.2 Å². The van der Waals surface area contributed by atoms with Crippen LogP contribution in [0.1, 0.15) is 112 Å². The van der Waals surface area contributed by atoms with E-state index >= 15 is 0 Å². The first kappa shape index (κ1) is 34.6. The molecule has 0 spiro atoms. The maximum atomic E-state index is 12.7. The summed E-state index contributed by atoms with van der Waals surface area (Å²) in [5.74, 6) is -1.20. The molecule has 44 heavy (non-hydrogen) atoms. The van der Waals surface area contributed by atoms with Gasteiger partial charge in [-0.15, -0.1) is 0 Å². The van der Waals surface area contributed by atoms with Gasteiger partial charge in [0.15, 0.2) is 6.10 Å². The van der Waals surface area contributed by atoms with Crippen LogP contribution in [0.2, 0.25) is 0 Å². The third kappa shape index (κ3) is 11.6. The summed E-state index contributed by atoms with van der Waals surface area (Å²) in [7, 11) is 0. The SMILES string of the molecule is CCCCCCCCCCc1ccc(-c2ccc(C(=O)Oc3ccc(C(=O)O[C@@H](C)C(=O)OC[C@@H](C)CC)cc3)cc2)cc1. The normalized spacial score (nSPS) is 12.3. The van der Waals surface area contributed by atoms with Crippen LogP contribution in [0.15, 0.2) is 72.8 Å². The molecule has 3 rings (SSSR count). The highest BCUT2D eigenvalue weighted by atomic mass is 16.6. The molecule has 0 aliphatic carbocycles. The van der Waals surface area contributed by atoms with Crippen LogP contribution in [0.25, 0.3) is 11.1 Å². The molecule has 0 bridgehead atoms. The van der Waals surface area contributed by atoms with Gasteiger partial charge >= 0.3 is 17.9 Å². The standard InChI is InChI=1S/C38H48O6/c1-5-7-8-9-10-11-12-13-14-30-15-17-31(18-16-30)32-19-21-33(22-20-32)38(41)44-35-25-23-34(24-26-35)37(40)43-29(4)36(39)42-27-28(3)6-2/h15-26,28-29H,5-14,27H2,1-4H3/t28-,29-/m0/s1. The Morgan fingerprint density at radius 2 is 1.16 bits per heavy atom. The molecule has 0 unspecified atom stereocenters. The fourth-order valence-corrected chi connectivity index (χ4v) is 4.69. The molecule has 236 valence electrons. The summed E-state index contributed by atoms with van der Waals surface area (Å²) in [6.07, 6.45) is 11.6. The smallest absolute Gasteiger partial charge is 0.347 e. The zero-order valence-electron chi connectivity index (χ0n) is 26.8. The highest BCUT2D eigenvalue weighted by molar-refractivity contribution is 5.93. The van der Waals surface area contributed by atoms with Crippen LogP contribution in [-0.4, -0.2) is 30.6 Å². The second-order valence-electron chi connectivity index (χ2n) is 11.6. The van der Waals surface area contributed by atoms with Crippen molar-refractivity contribution in [3.05, 3.63) is 89.5 Å². The Kier molecular flexibility index (Phi) is 14.7. The molecule has 0 heterocycles. The van der Waals surface area contributed by atoms with E-state index in [1.165, 1.54) is 88.1 Å². The Labute approximate surface area is 263 Å². The zero-order chi connectivity index (χ0) is 31.7. The Bertz CT molecular complexity index is 1290. The van der Waals surface area contributed by atoms with Crippen LogP contribution in [-0.2, 0) is 20.7 Å². The van der Waals surface area contributed by atoms with E-state index < -0.39 is 24.0 Å². The number of aryl methyl sites for hydroxylation is 1. The van der Waals surface area contributed by atoms with Crippen molar-refractivity contribution in [1.29, 1.82) is 0 Å². The van der Waals surface area contributed by atoms with Crippen LogP contribution in [0.5, 0.6) is 5.75 Å².